The molecule has 0 fully saturated rings. The van der Waals surface area contributed by atoms with Crippen LogP contribution in [0.15, 0.2) is 30.3 Å². The van der Waals surface area contributed by atoms with Gasteiger partial charge in [-0.2, -0.15) is 24.4 Å². The summed E-state index contributed by atoms with van der Waals surface area (Å²) in [6.45, 7) is 1.50. The van der Waals surface area contributed by atoms with Gasteiger partial charge in [0.25, 0.3) is 0 Å². The lowest BCUT2D eigenvalue weighted by molar-refractivity contribution is -0.142. The molecule has 0 aromatic heterocycles. The van der Waals surface area contributed by atoms with Crippen LogP contribution in [-0.4, -0.2) is 70.7 Å². The van der Waals surface area contributed by atoms with E-state index in [1.165, 1.54) is 18.7 Å². The van der Waals surface area contributed by atoms with Gasteiger partial charge in [-0.25, -0.2) is 4.79 Å². The molecule has 31 heavy (non-hydrogen) atoms. The van der Waals surface area contributed by atoms with E-state index in [-0.39, 0.29) is 18.6 Å². The molecule has 1 aromatic carbocycles. The van der Waals surface area contributed by atoms with Gasteiger partial charge in [0.15, 0.2) is 0 Å². The molecule has 3 amide bonds. The monoisotopic (exact) mass is 470 g/mol. The average molecular weight is 471 g/mol. The van der Waals surface area contributed by atoms with Gasteiger partial charge in [-0.05, 0) is 30.9 Å². The predicted octanol–water partition coefficient (Wildman–Crippen LogP) is -0.202. The van der Waals surface area contributed by atoms with Crippen molar-refractivity contribution in [2.75, 3.05) is 17.8 Å². The zero-order valence-electron chi connectivity index (χ0n) is 17.5. The van der Waals surface area contributed by atoms with Gasteiger partial charge in [0.05, 0.1) is 6.04 Å². The number of thiol groups is 1. The molecule has 11 heteroatoms. The smallest absolute Gasteiger partial charge is 0.326 e. The fourth-order valence-corrected chi connectivity index (χ4v) is 3.32. The lowest BCUT2D eigenvalue weighted by Gasteiger charge is -2.24. The van der Waals surface area contributed by atoms with E-state index in [0.29, 0.717) is 5.75 Å². The van der Waals surface area contributed by atoms with Gasteiger partial charge < -0.3 is 26.8 Å². The Morgan fingerprint density at radius 1 is 1.00 bits per heavy atom. The number of aliphatic carboxylic acids is 1. The molecule has 0 aliphatic carbocycles. The van der Waals surface area contributed by atoms with Crippen molar-refractivity contribution in [1.82, 2.24) is 16.0 Å². The van der Waals surface area contributed by atoms with Crippen LogP contribution in [0.5, 0.6) is 0 Å². The molecular weight excluding hydrogens is 440 g/mol. The number of nitrogens with one attached hydrogen (secondary N) is 3. The molecule has 0 saturated heterocycles. The molecule has 0 radical (unpaired) electrons. The first kappa shape index (κ1) is 26.8. The Kier molecular flexibility index (Phi) is 12.1. The zero-order chi connectivity index (χ0) is 23.4. The number of nitrogens with two attached hydrogens (primary N) is 1. The molecule has 1 aromatic rings. The molecule has 0 saturated carbocycles. The standard InChI is InChI=1S/C20H30N4O5S2/c1-12(21)17(25)23-15(10-13-6-4-3-5-7-13)18(26)24-16(11-30)19(27)22-14(20(28)29)8-9-31-2/h3-7,12,14-16,30H,8-11,21H2,1-2H3,(H,22,27)(H,23,25)(H,24,26)(H,28,29). The highest BCUT2D eigenvalue weighted by atomic mass is 32.2. The van der Waals surface area contributed by atoms with E-state index >= 15 is 0 Å². The maximum atomic E-state index is 12.9. The Balaban J connectivity index is 2.89. The number of rotatable bonds is 13. The predicted molar refractivity (Wildman–Crippen MR) is 124 cm³/mol. The molecule has 4 atom stereocenters. The Hall–Kier alpha value is -2.24. The fraction of sp³-hybridized carbons (Fsp3) is 0.500. The van der Waals surface area contributed by atoms with Gasteiger partial charge in [0.2, 0.25) is 17.7 Å². The van der Waals surface area contributed by atoms with Crippen LogP contribution in [0.25, 0.3) is 0 Å². The Morgan fingerprint density at radius 3 is 2.06 bits per heavy atom. The summed E-state index contributed by atoms with van der Waals surface area (Å²) in [5.41, 5.74) is 6.41. The first-order valence-corrected chi connectivity index (χ1v) is 11.7. The van der Waals surface area contributed by atoms with Crippen molar-refractivity contribution < 1.29 is 24.3 Å². The van der Waals surface area contributed by atoms with Gasteiger partial charge in [-0.15, -0.1) is 0 Å². The molecule has 0 aliphatic heterocycles. The quantitative estimate of drug-likeness (QED) is 0.219. The van der Waals surface area contributed by atoms with Crippen LogP contribution in [-0.2, 0) is 25.6 Å². The minimum absolute atomic E-state index is 0.0499. The number of benzene rings is 1. The number of carboxylic acids is 1. The molecule has 4 unspecified atom stereocenters. The van der Waals surface area contributed by atoms with Crippen molar-refractivity contribution >= 4 is 48.1 Å². The van der Waals surface area contributed by atoms with E-state index in [9.17, 15) is 24.3 Å². The Morgan fingerprint density at radius 2 is 1.55 bits per heavy atom. The summed E-state index contributed by atoms with van der Waals surface area (Å²) in [6, 6.07) is 5.13. The summed E-state index contributed by atoms with van der Waals surface area (Å²) in [7, 11) is 0. The summed E-state index contributed by atoms with van der Waals surface area (Å²) in [5, 5.41) is 16.9. The number of hydrogen-bond donors (Lipinski definition) is 6. The highest BCUT2D eigenvalue weighted by molar-refractivity contribution is 7.98. The molecule has 9 nitrogen and oxygen atoms in total. The Bertz CT molecular complexity index is 748. The number of carbonyl (C=O) groups is 4. The molecular formula is C20H30N4O5S2. The molecule has 0 bridgehead atoms. The number of amides is 3. The van der Waals surface area contributed by atoms with Crippen LogP contribution >= 0.6 is 24.4 Å². The lowest BCUT2D eigenvalue weighted by atomic mass is 10.0. The number of hydrogen-bond acceptors (Lipinski definition) is 7. The van der Waals surface area contributed by atoms with E-state index in [4.69, 9.17) is 5.73 Å². The minimum Gasteiger partial charge on any atom is -0.480 e. The van der Waals surface area contributed by atoms with E-state index < -0.39 is 47.9 Å². The second-order valence-corrected chi connectivity index (χ2v) is 8.31. The SMILES string of the molecule is CSCCC(NC(=O)C(CS)NC(=O)C(Cc1ccccc1)NC(=O)C(C)N)C(=O)O. The molecule has 0 spiro atoms. The van der Waals surface area contributed by atoms with Crippen molar-refractivity contribution in [2.45, 2.75) is 43.9 Å². The largest absolute Gasteiger partial charge is 0.480 e. The molecule has 1 rings (SSSR count). The van der Waals surface area contributed by atoms with Crippen molar-refractivity contribution in [3.8, 4) is 0 Å². The summed E-state index contributed by atoms with van der Waals surface area (Å²) in [6.07, 6.45) is 2.27. The highest BCUT2D eigenvalue weighted by Gasteiger charge is 2.29. The first-order valence-electron chi connectivity index (χ1n) is 9.72. The van der Waals surface area contributed by atoms with Crippen LogP contribution < -0.4 is 21.7 Å². The van der Waals surface area contributed by atoms with Crippen LogP contribution in [0, 0.1) is 0 Å². The third kappa shape index (κ3) is 9.62. The minimum atomic E-state index is -1.15. The van der Waals surface area contributed by atoms with Crippen molar-refractivity contribution in [2.24, 2.45) is 5.73 Å². The zero-order valence-corrected chi connectivity index (χ0v) is 19.2. The van der Waals surface area contributed by atoms with Crippen LogP contribution in [0.3, 0.4) is 0 Å². The Labute approximate surface area is 191 Å². The van der Waals surface area contributed by atoms with Crippen molar-refractivity contribution in [3.05, 3.63) is 35.9 Å². The van der Waals surface area contributed by atoms with E-state index in [0.717, 1.165) is 5.56 Å². The summed E-state index contributed by atoms with van der Waals surface area (Å²) >= 11 is 5.57. The molecule has 6 N–H and O–H groups in total. The molecule has 0 aliphatic rings. The second kappa shape index (κ2) is 13.9. The van der Waals surface area contributed by atoms with E-state index in [1.54, 1.807) is 0 Å². The summed E-state index contributed by atoms with van der Waals surface area (Å²) in [4.78, 5) is 48.9. The maximum absolute atomic E-state index is 12.9. The van der Waals surface area contributed by atoms with Crippen LogP contribution in [0.1, 0.15) is 18.9 Å². The summed E-state index contributed by atoms with van der Waals surface area (Å²) < 4.78 is 0. The van der Waals surface area contributed by atoms with Gasteiger partial charge >= 0.3 is 5.97 Å². The lowest BCUT2D eigenvalue weighted by Crippen LogP contribution is -2.58. The summed E-state index contributed by atoms with van der Waals surface area (Å²) in [5.74, 6) is -2.41. The van der Waals surface area contributed by atoms with Crippen molar-refractivity contribution in [3.63, 3.8) is 0 Å². The van der Waals surface area contributed by atoms with Gasteiger partial charge in [0, 0.05) is 12.2 Å². The highest BCUT2D eigenvalue weighted by Crippen LogP contribution is 2.06. The van der Waals surface area contributed by atoms with Gasteiger partial charge in [0.1, 0.15) is 18.1 Å². The topological polar surface area (TPSA) is 151 Å². The number of carbonyl (C=O) groups excluding carboxylic acids is 3. The average Bonchev–Trinajstić information content (AvgIpc) is 2.74. The van der Waals surface area contributed by atoms with Crippen LogP contribution in [0.2, 0.25) is 0 Å². The molecule has 172 valence electrons. The van der Waals surface area contributed by atoms with E-state index in [2.05, 4.69) is 28.6 Å². The normalized spacial score (nSPS) is 14.6. The fourth-order valence-electron chi connectivity index (χ4n) is 2.59. The van der Waals surface area contributed by atoms with Gasteiger partial charge in [-0.3, -0.25) is 14.4 Å². The van der Waals surface area contributed by atoms with E-state index in [1.807, 2.05) is 36.6 Å². The van der Waals surface area contributed by atoms with Crippen molar-refractivity contribution in [1.29, 1.82) is 0 Å². The second-order valence-electron chi connectivity index (χ2n) is 6.96. The van der Waals surface area contributed by atoms with Gasteiger partial charge in [-0.1, -0.05) is 30.3 Å². The first-order chi connectivity index (χ1) is 14.7. The van der Waals surface area contributed by atoms with Crippen LogP contribution in [0.4, 0.5) is 0 Å². The molecule has 0 heterocycles. The third-order valence-electron chi connectivity index (χ3n) is 4.37. The third-order valence-corrected chi connectivity index (χ3v) is 5.38. The number of thioether (sulfide) groups is 1. The maximum Gasteiger partial charge on any atom is 0.326 e. The number of carboxylic acid groups (broad SMARTS) is 1.